The van der Waals surface area contributed by atoms with Gasteiger partial charge in [-0.2, -0.15) is 8.42 Å². The van der Waals surface area contributed by atoms with E-state index in [2.05, 4.69) is 9.63 Å². The second-order valence-corrected chi connectivity index (χ2v) is 5.83. The molecule has 0 amide bonds. The lowest BCUT2D eigenvalue weighted by Crippen LogP contribution is -1.95. The molecule has 0 N–H and O–H groups in total. The highest BCUT2D eigenvalue weighted by atomic mass is 32.2. The summed E-state index contributed by atoms with van der Waals surface area (Å²) >= 11 is 0. The van der Waals surface area contributed by atoms with Crippen LogP contribution in [0.2, 0.25) is 0 Å². The van der Waals surface area contributed by atoms with Crippen LogP contribution in [0.5, 0.6) is 0 Å². The minimum absolute atomic E-state index is 0.0405. The summed E-state index contributed by atoms with van der Waals surface area (Å²) < 4.78 is 27.2. The normalized spacial score (nSPS) is 11.7. The van der Waals surface area contributed by atoms with Crippen molar-refractivity contribution in [2.45, 2.75) is 11.8 Å². The quantitative estimate of drug-likeness (QED) is 0.490. The number of aryl methyl sites for hydroxylation is 1. The van der Waals surface area contributed by atoms with Crippen LogP contribution < -0.4 is 0 Å². The van der Waals surface area contributed by atoms with Crippen LogP contribution in [-0.4, -0.2) is 13.3 Å². The van der Waals surface area contributed by atoms with Crippen LogP contribution in [0, 0.1) is 17.0 Å². The van der Waals surface area contributed by atoms with Gasteiger partial charge in [0, 0.05) is 12.1 Å². The minimum atomic E-state index is -3.88. The van der Waals surface area contributed by atoms with Crippen LogP contribution in [0.4, 0.5) is 11.4 Å². The van der Waals surface area contributed by atoms with Crippen molar-refractivity contribution in [2.75, 3.05) is 0 Å². The average Bonchev–Trinajstić information content (AvgIpc) is 2.46. The lowest BCUT2D eigenvalue weighted by Gasteiger charge is -1.98. The van der Waals surface area contributed by atoms with Gasteiger partial charge in [0.1, 0.15) is 0 Å². The number of nitro groups is 1. The molecule has 0 saturated carbocycles. The molecule has 0 saturated heterocycles. The Balaban J connectivity index is 2.23. The van der Waals surface area contributed by atoms with Crippen LogP contribution in [-0.2, 0) is 10.0 Å². The van der Waals surface area contributed by atoms with Gasteiger partial charge in [0.25, 0.3) is 15.7 Å². The zero-order chi connectivity index (χ0) is 15.5. The molecule has 0 aromatic heterocycles. The van der Waals surface area contributed by atoms with Crippen LogP contribution in [0.25, 0.3) is 0 Å². The van der Waals surface area contributed by atoms with Crippen molar-refractivity contribution in [3.05, 3.63) is 64.2 Å². The van der Waals surface area contributed by atoms with Gasteiger partial charge in [-0.15, -0.1) is 5.11 Å². The molecule has 0 bridgehead atoms. The van der Waals surface area contributed by atoms with Gasteiger partial charge in [0.2, 0.25) is 0 Å². The Morgan fingerprint density at radius 2 is 1.57 bits per heavy atom. The number of hydrogen-bond acceptors (Lipinski definition) is 5. The van der Waals surface area contributed by atoms with Crippen molar-refractivity contribution < 1.29 is 13.3 Å². The Bertz CT molecular complexity index is 781. The van der Waals surface area contributed by atoms with Gasteiger partial charge in [-0.05, 0) is 31.2 Å². The first kappa shape index (κ1) is 14.8. The van der Waals surface area contributed by atoms with Crippen molar-refractivity contribution in [1.29, 1.82) is 0 Å². The first-order chi connectivity index (χ1) is 9.88. The Morgan fingerprint density at radius 3 is 2.10 bits per heavy atom. The van der Waals surface area contributed by atoms with Gasteiger partial charge < -0.3 is 0 Å². The van der Waals surface area contributed by atoms with Crippen LogP contribution in [0.3, 0.4) is 0 Å². The second kappa shape index (κ2) is 5.80. The van der Waals surface area contributed by atoms with Gasteiger partial charge in [-0.25, -0.2) is 0 Å². The SMILES string of the molecule is Cc1ccc(S(=O)(=O)N=Nc2ccc([N+](=O)[O-])cc2)cc1. The molecule has 0 aliphatic carbocycles. The number of benzene rings is 2. The van der Waals surface area contributed by atoms with Crippen molar-refractivity contribution >= 4 is 21.4 Å². The molecule has 0 aliphatic rings. The number of nitrogens with zero attached hydrogens (tertiary/aromatic N) is 3. The maximum Gasteiger partial charge on any atom is 0.299 e. The third-order valence-electron chi connectivity index (χ3n) is 2.64. The summed E-state index contributed by atoms with van der Waals surface area (Å²) in [7, 11) is -3.88. The maximum absolute atomic E-state index is 11.9. The molecule has 0 radical (unpaired) electrons. The molecule has 0 atom stereocenters. The first-order valence-corrected chi connectivity index (χ1v) is 7.32. The molecule has 0 unspecified atom stereocenters. The monoisotopic (exact) mass is 305 g/mol. The van der Waals surface area contributed by atoms with Gasteiger partial charge >= 0.3 is 0 Å². The van der Waals surface area contributed by atoms with Gasteiger partial charge in [-0.1, -0.05) is 22.2 Å². The molecule has 2 rings (SSSR count). The molecule has 2 aromatic rings. The smallest absolute Gasteiger partial charge is 0.258 e. The molecule has 0 spiro atoms. The number of sulfonamides is 1. The molecule has 0 heterocycles. The Kier molecular flexibility index (Phi) is 4.08. The van der Waals surface area contributed by atoms with E-state index in [1.165, 1.54) is 36.4 Å². The highest BCUT2D eigenvalue weighted by Crippen LogP contribution is 2.20. The van der Waals surface area contributed by atoms with Crippen LogP contribution in [0.15, 0.2) is 63.1 Å². The van der Waals surface area contributed by atoms with E-state index in [0.717, 1.165) is 5.56 Å². The predicted molar refractivity (Wildman–Crippen MR) is 76.0 cm³/mol. The van der Waals surface area contributed by atoms with Crippen molar-refractivity contribution in [1.82, 2.24) is 0 Å². The van der Waals surface area contributed by atoms with Crippen LogP contribution >= 0.6 is 0 Å². The molecule has 21 heavy (non-hydrogen) atoms. The summed E-state index contributed by atoms with van der Waals surface area (Å²) in [6, 6.07) is 11.3. The molecular weight excluding hydrogens is 294 g/mol. The van der Waals surface area contributed by atoms with E-state index in [9.17, 15) is 18.5 Å². The van der Waals surface area contributed by atoms with E-state index >= 15 is 0 Å². The summed E-state index contributed by atoms with van der Waals surface area (Å²) in [5, 5.41) is 14.1. The fraction of sp³-hybridized carbons (Fsp3) is 0.0769. The maximum atomic E-state index is 11.9. The van der Waals surface area contributed by atoms with Gasteiger partial charge in [0.05, 0.1) is 15.5 Å². The molecule has 7 nitrogen and oxygen atoms in total. The fourth-order valence-corrected chi connectivity index (χ4v) is 2.28. The third kappa shape index (κ3) is 3.69. The Labute approximate surface area is 121 Å². The molecular formula is C13H11N3O4S. The summed E-state index contributed by atoms with van der Waals surface area (Å²) in [4.78, 5) is 9.99. The van der Waals surface area contributed by atoms with Crippen molar-refractivity contribution in [3.8, 4) is 0 Å². The van der Waals surface area contributed by atoms with E-state index in [1.54, 1.807) is 12.1 Å². The average molecular weight is 305 g/mol. The summed E-state index contributed by atoms with van der Waals surface area (Å²) in [5.41, 5.74) is 1.05. The van der Waals surface area contributed by atoms with Gasteiger partial charge in [0.15, 0.2) is 0 Å². The topological polar surface area (TPSA) is 102 Å². The zero-order valence-electron chi connectivity index (χ0n) is 11.0. The van der Waals surface area contributed by atoms with E-state index in [-0.39, 0.29) is 16.3 Å². The zero-order valence-corrected chi connectivity index (χ0v) is 11.8. The van der Waals surface area contributed by atoms with Crippen LogP contribution in [0.1, 0.15) is 5.56 Å². The predicted octanol–water partition coefficient (Wildman–Crippen LogP) is 3.38. The fourth-order valence-electron chi connectivity index (χ4n) is 1.50. The van der Waals surface area contributed by atoms with Gasteiger partial charge in [-0.3, -0.25) is 10.1 Å². The Morgan fingerprint density at radius 1 is 1.00 bits per heavy atom. The summed E-state index contributed by atoms with van der Waals surface area (Å²) in [6.07, 6.45) is 0. The molecule has 2 aromatic carbocycles. The van der Waals surface area contributed by atoms with Crippen molar-refractivity contribution in [3.63, 3.8) is 0 Å². The number of non-ortho nitro benzene ring substituents is 1. The third-order valence-corrected chi connectivity index (χ3v) is 3.81. The lowest BCUT2D eigenvalue weighted by molar-refractivity contribution is -0.384. The molecule has 108 valence electrons. The number of nitro benzene ring substituents is 1. The highest BCUT2D eigenvalue weighted by molar-refractivity contribution is 7.90. The van der Waals surface area contributed by atoms with Crippen molar-refractivity contribution in [2.24, 2.45) is 9.63 Å². The summed E-state index contributed by atoms with van der Waals surface area (Å²) in [6.45, 7) is 1.84. The summed E-state index contributed by atoms with van der Waals surface area (Å²) in [5.74, 6) is 0. The molecule has 0 aliphatic heterocycles. The molecule has 8 heteroatoms. The lowest BCUT2D eigenvalue weighted by atomic mass is 10.2. The second-order valence-electron chi connectivity index (χ2n) is 4.24. The molecule has 0 fully saturated rings. The van der Waals surface area contributed by atoms with E-state index in [4.69, 9.17) is 0 Å². The first-order valence-electron chi connectivity index (χ1n) is 5.88. The largest absolute Gasteiger partial charge is 0.299 e. The number of rotatable bonds is 4. The number of hydrogen-bond donors (Lipinski definition) is 0. The highest BCUT2D eigenvalue weighted by Gasteiger charge is 2.12. The standard InChI is InChI=1S/C13H11N3O4S/c1-10-2-8-13(9-3-10)21(19,20)15-14-11-4-6-12(7-5-11)16(17)18/h2-9H,1H3. The Hall–Kier alpha value is -2.61. The van der Waals surface area contributed by atoms with E-state index in [1.807, 2.05) is 6.92 Å². The van der Waals surface area contributed by atoms with E-state index < -0.39 is 14.9 Å². The van der Waals surface area contributed by atoms with E-state index in [0.29, 0.717) is 0 Å². The minimum Gasteiger partial charge on any atom is -0.258 e.